The number of ether oxygens (including phenoxy) is 1. The molecule has 1 aromatic carbocycles. The Labute approximate surface area is 197 Å². The topological polar surface area (TPSA) is 66.8 Å². The molecule has 1 amide bonds. The summed E-state index contributed by atoms with van der Waals surface area (Å²) in [5, 5.41) is 10.8. The molecule has 1 fully saturated rings. The minimum atomic E-state index is -0.700. The number of hydrogen-bond acceptors (Lipinski definition) is 4. The summed E-state index contributed by atoms with van der Waals surface area (Å²) >= 11 is 0. The molecule has 3 rings (SSSR count). The fourth-order valence-electron chi connectivity index (χ4n) is 4.63. The lowest BCUT2D eigenvalue weighted by atomic mass is 9.91. The molecule has 33 heavy (non-hydrogen) atoms. The number of unbranched alkanes of at least 4 members (excludes halogenated alkanes) is 3. The van der Waals surface area contributed by atoms with Gasteiger partial charge < -0.3 is 14.7 Å². The van der Waals surface area contributed by atoms with E-state index in [4.69, 9.17) is 0 Å². The SMILES string of the molecule is COC(=O)CCCCCCN1C(=O)CC[C@@H]1/C=C/C(O)c1cccc(C2=CCCC=C2C)c1. The van der Waals surface area contributed by atoms with Crippen molar-refractivity contribution >= 4 is 17.4 Å². The van der Waals surface area contributed by atoms with Crippen LogP contribution in [0.1, 0.15) is 81.9 Å². The van der Waals surface area contributed by atoms with E-state index < -0.39 is 6.10 Å². The number of nitrogens with zero attached hydrogens (tertiary/aromatic N) is 1. The van der Waals surface area contributed by atoms with Gasteiger partial charge in [0.25, 0.3) is 0 Å². The van der Waals surface area contributed by atoms with Crippen LogP contribution in [-0.2, 0) is 14.3 Å². The van der Waals surface area contributed by atoms with Crippen molar-refractivity contribution in [1.29, 1.82) is 0 Å². The number of likely N-dealkylation sites (tertiary alicyclic amines) is 1. The van der Waals surface area contributed by atoms with Crippen LogP contribution in [0.3, 0.4) is 0 Å². The highest BCUT2D eigenvalue weighted by molar-refractivity contribution is 5.80. The van der Waals surface area contributed by atoms with Gasteiger partial charge >= 0.3 is 5.97 Å². The van der Waals surface area contributed by atoms with Gasteiger partial charge in [0.2, 0.25) is 5.91 Å². The van der Waals surface area contributed by atoms with Crippen molar-refractivity contribution in [2.24, 2.45) is 0 Å². The van der Waals surface area contributed by atoms with Crippen LogP contribution in [0.25, 0.3) is 5.57 Å². The fourth-order valence-corrected chi connectivity index (χ4v) is 4.63. The zero-order chi connectivity index (χ0) is 23.6. The second-order valence-corrected chi connectivity index (χ2v) is 8.97. The highest BCUT2D eigenvalue weighted by atomic mass is 16.5. The first-order valence-corrected chi connectivity index (χ1v) is 12.2. The van der Waals surface area contributed by atoms with Crippen LogP contribution in [-0.4, -0.2) is 41.6 Å². The highest BCUT2D eigenvalue weighted by Gasteiger charge is 2.28. The molecule has 1 aromatic rings. The molecule has 1 aliphatic carbocycles. The summed E-state index contributed by atoms with van der Waals surface area (Å²) < 4.78 is 4.66. The van der Waals surface area contributed by atoms with E-state index in [1.54, 1.807) is 0 Å². The average Bonchev–Trinajstić information content (AvgIpc) is 3.19. The summed E-state index contributed by atoms with van der Waals surface area (Å²) in [4.78, 5) is 25.5. The van der Waals surface area contributed by atoms with Gasteiger partial charge in [-0.3, -0.25) is 9.59 Å². The van der Waals surface area contributed by atoms with E-state index in [0.717, 1.165) is 62.6 Å². The van der Waals surface area contributed by atoms with Crippen LogP contribution >= 0.6 is 0 Å². The van der Waals surface area contributed by atoms with Crippen molar-refractivity contribution in [2.75, 3.05) is 13.7 Å². The van der Waals surface area contributed by atoms with E-state index in [1.807, 2.05) is 29.2 Å². The molecular formula is C28H37NO4. The van der Waals surface area contributed by atoms with Gasteiger partial charge in [-0.05, 0) is 67.4 Å². The third kappa shape index (κ3) is 7.16. The van der Waals surface area contributed by atoms with Crippen LogP contribution in [0.2, 0.25) is 0 Å². The van der Waals surface area contributed by atoms with Crippen LogP contribution in [0, 0.1) is 0 Å². The number of esters is 1. The molecule has 5 heteroatoms. The number of aliphatic hydroxyl groups excluding tert-OH is 1. The molecule has 0 aromatic heterocycles. The summed E-state index contributed by atoms with van der Waals surface area (Å²) in [6, 6.07) is 8.14. The standard InChI is InChI=1S/C28H37NO4/c1-21-10-6-7-13-25(21)22-11-9-12-23(20-22)26(30)17-15-24-16-18-27(31)29(24)19-8-4-3-5-14-28(32)33-2/h9-13,15,17,20,24,26,30H,3-8,14,16,18-19H2,1-2H3/b17-15+/t24-,26?/m0/s1. The highest BCUT2D eigenvalue weighted by Crippen LogP contribution is 2.30. The number of amides is 1. The monoisotopic (exact) mass is 451 g/mol. The number of carbonyl (C=O) groups is 2. The lowest BCUT2D eigenvalue weighted by Gasteiger charge is -2.23. The van der Waals surface area contributed by atoms with Crippen molar-refractivity contribution in [3.05, 3.63) is 65.3 Å². The molecule has 0 spiro atoms. The van der Waals surface area contributed by atoms with Crippen LogP contribution < -0.4 is 0 Å². The molecule has 5 nitrogen and oxygen atoms in total. The van der Waals surface area contributed by atoms with Gasteiger partial charge in [-0.1, -0.05) is 55.3 Å². The Morgan fingerprint density at radius 3 is 2.79 bits per heavy atom. The first-order valence-electron chi connectivity index (χ1n) is 12.2. The van der Waals surface area contributed by atoms with Gasteiger partial charge in [-0.15, -0.1) is 0 Å². The summed E-state index contributed by atoms with van der Waals surface area (Å²) in [5.74, 6) is 0.0169. The molecule has 0 radical (unpaired) electrons. The minimum Gasteiger partial charge on any atom is -0.469 e. The number of aliphatic hydroxyl groups is 1. The fraction of sp³-hybridized carbons (Fsp3) is 0.500. The quantitative estimate of drug-likeness (QED) is 0.273. The predicted molar refractivity (Wildman–Crippen MR) is 131 cm³/mol. The van der Waals surface area contributed by atoms with E-state index in [-0.39, 0.29) is 17.9 Å². The molecule has 2 aliphatic rings. The Bertz CT molecular complexity index is 914. The summed E-state index contributed by atoms with van der Waals surface area (Å²) in [6.45, 7) is 2.86. The Morgan fingerprint density at radius 1 is 1.21 bits per heavy atom. The molecule has 1 unspecified atom stereocenters. The second-order valence-electron chi connectivity index (χ2n) is 8.97. The van der Waals surface area contributed by atoms with Gasteiger partial charge in [0, 0.05) is 19.4 Å². The van der Waals surface area contributed by atoms with Crippen molar-refractivity contribution < 1.29 is 19.4 Å². The minimum absolute atomic E-state index is 0.0385. The molecule has 0 saturated carbocycles. The smallest absolute Gasteiger partial charge is 0.305 e. The number of benzene rings is 1. The normalized spacial score (nSPS) is 19.5. The van der Waals surface area contributed by atoms with Crippen molar-refractivity contribution in [3.8, 4) is 0 Å². The largest absolute Gasteiger partial charge is 0.469 e. The number of methoxy groups -OCH3 is 1. The van der Waals surface area contributed by atoms with Gasteiger partial charge in [-0.2, -0.15) is 0 Å². The number of carbonyl (C=O) groups excluding carboxylic acids is 2. The van der Waals surface area contributed by atoms with E-state index >= 15 is 0 Å². The van der Waals surface area contributed by atoms with Crippen LogP contribution in [0.5, 0.6) is 0 Å². The lowest BCUT2D eigenvalue weighted by Crippen LogP contribution is -2.32. The van der Waals surface area contributed by atoms with Crippen molar-refractivity contribution in [1.82, 2.24) is 4.90 Å². The average molecular weight is 452 g/mol. The number of rotatable bonds is 11. The number of allylic oxidation sites excluding steroid dienone is 4. The maximum absolute atomic E-state index is 12.4. The van der Waals surface area contributed by atoms with Crippen molar-refractivity contribution in [3.63, 3.8) is 0 Å². The van der Waals surface area contributed by atoms with Crippen LogP contribution in [0.15, 0.2) is 54.1 Å². The molecule has 1 heterocycles. The van der Waals surface area contributed by atoms with Gasteiger partial charge in [0.1, 0.15) is 0 Å². The van der Waals surface area contributed by atoms with E-state index in [2.05, 4.69) is 35.9 Å². The summed E-state index contributed by atoms with van der Waals surface area (Å²) in [5.41, 5.74) is 4.54. The third-order valence-corrected chi connectivity index (χ3v) is 6.58. The molecule has 1 saturated heterocycles. The van der Waals surface area contributed by atoms with E-state index in [1.165, 1.54) is 18.3 Å². The first-order chi connectivity index (χ1) is 16.0. The van der Waals surface area contributed by atoms with Gasteiger partial charge in [0.05, 0.1) is 19.3 Å². The molecular weight excluding hydrogens is 414 g/mol. The Morgan fingerprint density at radius 2 is 2.00 bits per heavy atom. The molecule has 178 valence electrons. The molecule has 0 bridgehead atoms. The molecule has 1 N–H and O–H groups in total. The van der Waals surface area contributed by atoms with Gasteiger partial charge in [-0.25, -0.2) is 0 Å². The zero-order valence-electron chi connectivity index (χ0n) is 20.0. The molecule has 2 atom stereocenters. The third-order valence-electron chi connectivity index (χ3n) is 6.58. The predicted octanol–water partition coefficient (Wildman–Crippen LogP) is 5.51. The maximum atomic E-state index is 12.4. The first kappa shape index (κ1) is 25.0. The van der Waals surface area contributed by atoms with E-state index in [0.29, 0.717) is 12.8 Å². The van der Waals surface area contributed by atoms with Crippen molar-refractivity contribution in [2.45, 2.75) is 76.9 Å². The second kappa shape index (κ2) is 12.5. The summed E-state index contributed by atoms with van der Waals surface area (Å²) in [7, 11) is 1.41. The number of hydrogen-bond donors (Lipinski definition) is 1. The lowest BCUT2D eigenvalue weighted by molar-refractivity contribution is -0.140. The van der Waals surface area contributed by atoms with E-state index in [9.17, 15) is 14.7 Å². The Hall–Kier alpha value is -2.66. The van der Waals surface area contributed by atoms with Gasteiger partial charge in [0.15, 0.2) is 0 Å². The summed E-state index contributed by atoms with van der Waals surface area (Å²) in [6.07, 6.45) is 15.3. The maximum Gasteiger partial charge on any atom is 0.305 e. The Balaban J connectivity index is 1.53. The Kier molecular flexibility index (Phi) is 9.49. The zero-order valence-corrected chi connectivity index (χ0v) is 20.0. The van der Waals surface area contributed by atoms with Crippen LogP contribution in [0.4, 0.5) is 0 Å². The molecule has 1 aliphatic heterocycles.